The second-order valence-corrected chi connectivity index (χ2v) is 5.31. The maximum absolute atomic E-state index is 11.0. The summed E-state index contributed by atoms with van der Waals surface area (Å²) in [4.78, 5) is 21.4. The normalized spacial score (nSPS) is 11.6. The predicted octanol–water partition coefficient (Wildman–Crippen LogP) is 2.14. The Morgan fingerprint density at radius 1 is 1.28 bits per heavy atom. The Morgan fingerprint density at radius 3 is 2.64 bits per heavy atom. The van der Waals surface area contributed by atoms with Crippen molar-refractivity contribution in [1.82, 2.24) is 0 Å². The number of methoxy groups -OCH3 is 1. The number of carboxylic acid groups (broad SMARTS) is 1. The molecular formula is C17H18N2O6. The van der Waals surface area contributed by atoms with Gasteiger partial charge in [0.1, 0.15) is 18.4 Å². The third-order valence-corrected chi connectivity index (χ3v) is 3.56. The number of ether oxygens (including phenoxy) is 2. The topological polar surface area (TPSA) is 125 Å². The fraction of sp³-hybridized carbons (Fsp3) is 0.235. The molecule has 0 saturated heterocycles. The van der Waals surface area contributed by atoms with E-state index in [2.05, 4.69) is 0 Å². The van der Waals surface area contributed by atoms with Crippen molar-refractivity contribution >= 4 is 11.7 Å². The highest BCUT2D eigenvalue weighted by Gasteiger charge is 2.16. The summed E-state index contributed by atoms with van der Waals surface area (Å²) in [6.45, 7) is 0.0319. The number of aliphatic carboxylic acids is 1. The summed E-state index contributed by atoms with van der Waals surface area (Å²) in [5.74, 6) is -0.415. The van der Waals surface area contributed by atoms with E-state index in [9.17, 15) is 14.9 Å². The molecule has 0 spiro atoms. The molecular weight excluding hydrogens is 328 g/mol. The third-order valence-electron chi connectivity index (χ3n) is 3.56. The van der Waals surface area contributed by atoms with Crippen LogP contribution in [-0.2, 0) is 17.8 Å². The van der Waals surface area contributed by atoms with Crippen LogP contribution in [0.1, 0.15) is 11.1 Å². The van der Waals surface area contributed by atoms with Crippen LogP contribution in [0.3, 0.4) is 0 Å². The number of carbonyl (C=O) groups is 1. The summed E-state index contributed by atoms with van der Waals surface area (Å²) >= 11 is 0. The molecule has 8 heteroatoms. The molecule has 3 N–H and O–H groups in total. The summed E-state index contributed by atoms with van der Waals surface area (Å²) in [7, 11) is 1.49. The number of hydrogen-bond acceptors (Lipinski definition) is 6. The summed E-state index contributed by atoms with van der Waals surface area (Å²) in [6, 6.07) is 10.2. The Kier molecular flexibility index (Phi) is 5.91. The highest BCUT2D eigenvalue weighted by molar-refractivity contribution is 5.73. The van der Waals surface area contributed by atoms with Crippen molar-refractivity contribution in [2.75, 3.05) is 7.11 Å². The van der Waals surface area contributed by atoms with Crippen LogP contribution in [0.15, 0.2) is 42.5 Å². The molecule has 0 fully saturated rings. The fourth-order valence-corrected chi connectivity index (χ4v) is 2.30. The van der Waals surface area contributed by atoms with Gasteiger partial charge in [-0.1, -0.05) is 18.2 Å². The first-order valence-corrected chi connectivity index (χ1v) is 7.42. The van der Waals surface area contributed by atoms with Gasteiger partial charge in [0.05, 0.1) is 12.0 Å². The number of rotatable bonds is 8. The van der Waals surface area contributed by atoms with Crippen molar-refractivity contribution in [3.05, 3.63) is 63.7 Å². The first-order chi connectivity index (χ1) is 11.9. The number of nitro groups is 1. The van der Waals surface area contributed by atoms with Gasteiger partial charge in [-0.3, -0.25) is 14.9 Å². The van der Waals surface area contributed by atoms with Crippen molar-refractivity contribution in [2.24, 2.45) is 5.73 Å². The molecule has 2 aromatic rings. The van der Waals surface area contributed by atoms with Gasteiger partial charge < -0.3 is 20.3 Å². The minimum absolute atomic E-state index is 0.0319. The SMILES string of the molecule is COc1ccc(CC(N)C(=O)O)cc1COc1ccccc1[N+](=O)[O-]. The fourth-order valence-electron chi connectivity index (χ4n) is 2.30. The van der Waals surface area contributed by atoms with E-state index in [0.29, 0.717) is 16.9 Å². The molecule has 0 heterocycles. The Morgan fingerprint density at radius 2 is 2.00 bits per heavy atom. The highest BCUT2D eigenvalue weighted by Crippen LogP contribution is 2.28. The molecule has 2 aromatic carbocycles. The van der Waals surface area contributed by atoms with Gasteiger partial charge in [0.25, 0.3) is 0 Å². The number of nitrogens with two attached hydrogens (primary N) is 1. The molecule has 0 bridgehead atoms. The van der Waals surface area contributed by atoms with Crippen LogP contribution in [0.2, 0.25) is 0 Å². The lowest BCUT2D eigenvalue weighted by Gasteiger charge is -2.13. The maximum Gasteiger partial charge on any atom is 0.320 e. The molecule has 1 unspecified atom stereocenters. The predicted molar refractivity (Wildman–Crippen MR) is 89.7 cm³/mol. The Balaban J connectivity index is 2.20. The summed E-state index contributed by atoms with van der Waals surface area (Å²) in [5.41, 5.74) is 6.76. The molecule has 1 atom stereocenters. The van der Waals surface area contributed by atoms with Gasteiger partial charge in [0.2, 0.25) is 0 Å². The zero-order valence-corrected chi connectivity index (χ0v) is 13.5. The van der Waals surface area contributed by atoms with E-state index in [-0.39, 0.29) is 24.5 Å². The van der Waals surface area contributed by atoms with E-state index in [1.807, 2.05) is 0 Å². The van der Waals surface area contributed by atoms with Gasteiger partial charge in [-0.25, -0.2) is 0 Å². The van der Waals surface area contributed by atoms with Crippen molar-refractivity contribution in [1.29, 1.82) is 0 Å². The van der Waals surface area contributed by atoms with Crippen LogP contribution < -0.4 is 15.2 Å². The molecule has 0 aliphatic heterocycles. The highest BCUT2D eigenvalue weighted by atomic mass is 16.6. The second kappa shape index (κ2) is 8.11. The Hall–Kier alpha value is -3.13. The molecule has 0 amide bonds. The van der Waals surface area contributed by atoms with Gasteiger partial charge in [0, 0.05) is 11.6 Å². The standard InChI is InChI=1S/C17H18N2O6/c1-24-15-7-6-11(9-13(18)17(20)21)8-12(15)10-25-16-5-3-2-4-14(16)19(22)23/h2-8,13H,9-10,18H2,1H3,(H,20,21). The van der Waals surface area contributed by atoms with Gasteiger partial charge >= 0.3 is 11.7 Å². The summed E-state index contributed by atoms with van der Waals surface area (Å²) in [6.07, 6.45) is 0.151. The average Bonchev–Trinajstić information content (AvgIpc) is 2.60. The number of hydrogen-bond donors (Lipinski definition) is 2. The van der Waals surface area contributed by atoms with Gasteiger partial charge in [-0.2, -0.15) is 0 Å². The van der Waals surface area contributed by atoms with Crippen LogP contribution in [0.4, 0.5) is 5.69 Å². The maximum atomic E-state index is 11.0. The van der Waals surface area contributed by atoms with E-state index in [4.69, 9.17) is 20.3 Å². The summed E-state index contributed by atoms with van der Waals surface area (Å²) in [5, 5.41) is 19.9. The number of nitrogens with zero attached hydrogens (tertiary/aromatic N) is 1. The quantitative estimate of drug-likeness (QED) is 0.554. The van der Waals surface area contributed by atoms with Crippen molar-refractivity contribution in [3.8, 4) is 11.5 Å². The molecule has 0 aliphatic rings. The molecule has 0 radical (unpaired) electrons. The minimum atomic E-state index is -1.09. The smallest absolute Gasteiger partial charge is 0.320 e. The summed E-state index contributed by atoms with van der Waals surface area (Å²) < 4.78 is 10.8. The number of para-hydroxylation sites is 2. The van der Waals surface area contributed by atoms with E-state index in [1.54, 1.807) is 30.3 Å². The zero-order valence-electron chi connectivity index (χ0n) is 13.5. The lowest BCUT2D eigenvalue weighted by Crippen LogP contribution is -2.32. The monoisotopic (exact) mass is 346 g/mol. The largest absolute Gasteiger partial charge is 0.496 e. The van der Waals surface area contributed by atoms with Crippen molar-refractivity contribution in [3.63, 3.8) is 0 Å². The lowest BCUT2D eigenvalue weighted by atomic mass is 10.0. The van der Waals surface area contributed by atoms with E-state index in [0.717, 1.165) is 0 Å². The molecule has 132 valence electrons. The van der Waals surface area contributed by atoms with Gasteiger partial charge in [-0.05, 0) is 30.2 Å². The zero-order chi connectivity index (χ0) is 18.4. The van der Waals surface area contributed by atoms with Crippen LogP contribution >= 0.6 is 0 Å². The average molecular weight is 346 g/mol. The number of benzene rings is 2. The van der Waals surface area contributed by atoms with Crippen LogP contribution in [-0.4, -0.2) is 29.2 Å². The molecule has 25 heavy (non-hydrogen) atoms. The molecule has 0 aliphatic carbocycles. The van der Waals surface area contributed by atoms with Gasteiger partial charge in [-0.15, -0.1) is 0 Å². The first-order valence-electron chi connectivity index (χ1n) is 7.42. The van der Waals surface area contributed by atoms with E-state index < -0.39 is 16.9 Å². The molecule has 0 saturated carbocycles. The van der Waals surface area contributed by atoms with E-state index >= 15 is 0 Å². The molecule has 2 rings (SSSR count). The first kappa shape index (κ1) is 18.2. The Bertz CT molecular complexity index is 777. The minimum Gasteiger partial charge on any atom is -0.496 e. The molecule has 0 aromatic heterocycles. The van der Waals surface area contributed by atoms with Crippen molar-refractivity contribution in [2.45, 2.75) is 19.1 Å². The Labute approximate surface area is 143 Å². The van der Waals surface area contributed by atoms with Gasteiger partial charge in [0.15, 0.2) is 5.75 Å². The number of nitro benzene ring substituents is 1. The third kappa shape index (κ3) is 4.67. The van der Waals surface area contributed by atoms with Crippen molar-refractivity contribution < 1.29 is 24.3 Å². The molecule has 8 nitrogen and oxygen atoms in total. The lowest BCUT2D eigenvalue weighted by molar-refractivity contribution is -0.385. The number of carboxylic acids is 1. The second-order valence-electron chi connectivity index (χ2n) is 5.31. The van der Waals surface area contributed by atoms with Crippen LogP contribution in [0.5, 0.6) is 11.5 Å². The van der Waals surface area contributed by atoms with Crippen LogP contribution in [0, 0.1) is 10.1 Å². The van der Waals surface area contributed by atoms with Crippen LogP contribution in [0.25, 0.3) is 0 Å². The van der Waals surface area contributed by atoms with E-state index in [1.165, 1.54) is 19.2 Å².